The lowest BCUT2D eigenvalue weighted by Gasteiger charge is -2.39. The second kappa shape index (κ2) is 7.96. The highest BCUT2D eigenvalue weighted by molar-refractivity contribution is 14.0. The number of rotatable bonds is 3. The van der Waals surface area contributed by atoms with Crippen molar-refractivity contribution < 1.29 is 0 Å². The molecule has 3 nitrogen and oxygen atoms in total. The highest BCUT2D eigenvalue weighted by Crippen LogP contribution is 2.30. The summed E-state index contributed by atoms with van der Waals surface area (Å²) in [6.45, 7) is 11.0. The third-order valence-corrected chi connectivity index (χ3v) is 5.08. The van der Waals surface area contributed by atoms with Crippen LogP contribution in [0.4, 0.5) is 0 Å². The number of hydrogen-bond acceptors (Lipinski definition) is 2. The highest BCUT2D eigenvalue weighted by atomic mass is 127. The molecule has 2 aliphatic rings. The molecule has 5 heteroatoms. The number of nitrogens with zero attached hydrogens (tertiary/aromatic N) is 2. The molecule has 1 heterocycles. The van der Waals surface area contributed by atoms with Crippen LogP contribution in [0.2, 0.25) is 0 Å². The molecule has 1 saturated heterocycles. The van der Waals surface area contributed by atoms with Gasteiger partial charge in [-0.1, -0.05) is 6.42 Å². The molecule has 1 aliphatic carbocycles. The molecule has 0 spiro atoms. The third-order valence-electron chi connectivity index (χ3n) is 3.78. The minimum Gasteiger partial charge on any atom is -0.357 e. The molecule has 2 rings (SSSR count). The summed E-state index contributed by atoms with van der Waals surface area (Å²) < 4.78 is 0.352. The molecule has 0 radical (unpaired) electrons. The Morgan fingerprint density at radius 2 is 2.16 bits per heavy atom. The van der Waals surface area contributed by atoms with E-state index in [4.69, 9.17) is 4.99 Å². The molecular weight excluding hydrogens is 369 g/mol. The predicted octanol–water partition coefficient (Wildman–Crippen LogP) is 3.20. The molecule has 0 amide bonds. The molecule has 2 fully saturated rings. The summed E-state index contributed by atoms with van der Waals surface area (Å²) in [4.78, 5) is 7.29. The van der Waals surface area contributed by atoms with E-state index >= 15 is 0 Å². The maximum absolute atomic E-state index is 4.85. The number of nitrogens with one attached hydrogen (secondary N) is 1. The van der Waals surface area contributed by atoms with E-state index < -0.39 is 0 Å². The Bertz CT molecular complexity index is 303. The van der Waals surface area contributed by atoms with Gasteiger partial charge in [-0.2, -0.15) is 11.8 Å². The van der Waals surface area contributed by atoms with Crippen LogP contribution in [-0.2, 0) is 0 Å². The zero-order valence-corrected chi connectivity index (χ0v) is 15.6. The first-order valence-electron chi connectivity index (χ1n) is 7.28. The van der Waals surface area contributed by atoms with Crippen LogP contribution in [0.5, 0.6) is 0 Å². The maximum atomic E-state index is 4.85. The number of hydrogen-bond donors (Lipinski definition) is 1. The quantitative estimate of drug-likeness (QED) is 0.450. The summed E-state index contributed by atoms with van der Waals surface area (Å²) in [6, 6.07) is 0. The Kier molecular flexibility index (Phi) is 7.29. The Morgan fingerprint density at radius 3 is 2.68 bits per heavy atom. The van der Waals surface area contributed by atoms with Crippen LogP contribution in [0.15, 0.2) is 4.99 Å². The van der Waals surface area contributed by atoms with Crippen molar-refractivity contribution in [3.8, 4) is 0 Å². The molecule has 0 atom stereocenters. The van der Waals surface area contributed by atoms with Gasteiger partial charge >= 0.3 is 0 Å². The van der Waals surface area contributed by atoms with Gasteiger partial charge in [0.05, 0.1) is 0 Å². The van der Waals surface area contributed by atoms with Gasteiger partial charge in [-0.3, -0.25) is 4.99 Å². The van der Waals surface area contributed by atoms with E-state index in [9.17, 15) is 0 Å². The Morgan fingerprint density at radius 1 is 1.42 bits per heavy atom. The molecule has 0 aromatic carbocycles. The average molecular weight is 397 g/mol. The SMILES string of the molecule is CCNC(=NCC1CCC1)N1CCSC(C)(C)C1.I. The van der Waals surface area contributed by atoms with Gasteiger partial charge in [0.25, 0.3) is 0 Å². The first-order valence-corrected chi connectivity index (χ1v) is 8.26. The first-order chi connectivity index (χ1) is 8.61. The number of aliphatic imine (C=N–C) groups is 1. The lowest BCUT2D eigenvalue weighted by atomic mass is 9.86. The Hall–Kier alpha value is 0.350. The number of thioether (sulfide) groups is 1. The smallest absolute Gasteiger partial charge is 0.193 e. The van der Waals surface area contributed by atoms with Gasteiger partial charge in [0.1, 0.15) is 0 Å². The van der Waals surface area contributed by atoms with E-state index in [0.29, 0.717) is 4.75 Å². The molecule has 1 aliphatic heterocycles. The summed E-state index contributed by atoms with van der Waals surface area (Å²) >= 11 is 2.08. The van der Waals surface area contributed by atoms with Crippen LogP contribution in [0.3, 0.4) is 0 Å². The van der Waals surface area contributed by atoms with Crippen molar-refractivity contribution >= 4 is 41.7 Å². The lowest BCUT2D eigenvalue weighted by molar-refractivity contribution is 0.321. The topological polar surface area (TPSA) is 27.6 Å². The molecular formula is C14H28IN3S. The summed E-state index contributed by atoms with van der Waals surface area (Å²) in [6.07, 6.45) is 4.17. The van der Waals surface area contributed by atoms with Crippen LogP contribution in [0.1, 0.15) is 40.0 Å². The van der Waals surface area contributed by atoms with Gasteiger partial charge < -0.3 is 10.2 Å². The lowest BCUT2D eigenvalue weighted by Crippen LogP contribution is -2.51. The predicted molar refractivity (Wildman–Crippen MR) is 96.8 cm³/mol. The van der Waals surface area contributed by atoms with Crippen LogP contribution >= 0.6 is 35.7 Å². The van der Waals surface area contributed by atoms with Gasteiger partial charge in [0.2, 0.25) is 0 Å². The normalized spacial score (nSPS) is 23.5. The molecule has 19 heavy (non-hydrogen) atoms. The fraction of sp³-hybridized carbons (Fsp3) is 0.929. The molecule has 0 unspecified atom stereocenters. The van der Waals surface area contributed by atoms with E-state index in [1.54, 1.807) is 0 Å². The van der Waals surface area contributed by atoms with Gasteiger partial charge in [-0.05, 0) is 39.5 Å². The van der Waals surface area contributed by atoms with E-state index in [-0.39, 0.29) is 24.0 Å². The van der Waals surface area contributed by atoms with Crippen molar-refractivity contribution in [2.45, 2.75) is 44.8 Å². The zero-order valence-electron chi connectivity index (χ0n) is 12.4. The number of halogens is 1. The van der Waals surface area contributed by atoms with E-state index in [1.165, 1.54) is 25.0 Å². The minimum atomic E-state index is 0. The summed E-state index contributed by atoms with van der Waals surface area (Å²) in [5, 5.41) is 3.46. The van der Waals surface area contributed by atoms with Crippen molar-refractivity contribution in [2.75, 3.05) is 31.9 Å². The summed E-state index contributed by atoms with van der Waals surface area (Å²) in [5.41, 5.74) is 0. The second-order valence-electron chi connectivity index (χ2n) is 6.02. The van der Waals surface area contributed by atoms with E-state index in [0.717, 1.165) is 38.1 Å². The molecule has 0 aromatic rings. The average Bonchev–Trinajstić information content (AvgIpc) is 2.24. The molecule has 112 valence electrons. The highest BCUT2D eigenvalue weighted by Gasteiger charge is 2.28. The van der Waals surface area contributed by atoms with Gasteiger partial charge in [0, 0.05) is 36.7 Å². The fourth-order valence-corrected chi connectivity index (χ4v) is 3.63. The minimum absolute atomic E-state index is 0. The van der Waals surface area contributed by atoms with Crippen molar-refractivity contribution in [1.82, 2.24) is 10.2 Å². The number of guanidine groups is 1. The third kappa shape index (κ3) is 5.33. The first kappa shape index (κ1) is 17.4. The van der Waals surface area contributed by atoms with Crippen molar-refractivity contribution in [3.05, 3.63) is 0 Å². The zero-order chi connectivity index (χ0) is 13.0. The standard InChI is InChI=1S/C14H27N3S.HI/c1-4-15-13(16-10-12-6-5-7-12)17-8-9-18-14(2,3)11-17;/h12H,4-11H2,1-3H3,(H,15,16);1H. The molecule has 0 bridgehead atoms. The maximum Gasteiger partial charge on any atom is 0.193 e. The summed E-state index contributed by atoms with van der Waals surface area (Å²) in [5.74, 6) is 3.20. The van der Waals surface area contributed by atoms with Crippen LogP contribution in [0, 0.1) is 5.92 Å². The fourth-order valence-electron chi connectivity index (χ4n) is 2.51. The Balaban J connectivity index is 0.00000180. The van der Waals surface area contributed by atoms with E-state index in [1.807, 2.05) is 0 Å². The van der Waals surface area contributed by atoms with Gasteiger partial charge in [-0.25, -0.2) is 0 Å². The van der Waals surface area contributed by atoms with Crippen molar-refractivity contribution in [2.24, 2.45) is 10.9 Å². The largest absolute Gasteiger partial charge is 0.357 e. The molecule has 1 saturated carbocycles. The van der Waals surface area contributed by atoms with E-state index in [2.05, 4.69) is 42.7 Å². The molecule has 0 aromatic heterocycles. The van der Waals surface area contributed by atoms with Crippen LogP contribution < -0.4 is 5.32 Å². The second-order valence-corrected chi connectivity index (χ2v) is 7.82. The van der Waals surface area contributed by atoms with Gasteiger partial charge in [-0.15, -0.1) is 24.0 Å². The Labute approximate surface area is 139 Å². The monoisotopic (exact) mass is 397 g/mol. The van der Waals surface area contributed by atoms with Crippen LogP contribution in [-0.4, -0.2) is 47.5 Å². The molecule has 1 N–H and O–H groups in total. The van der Waals surface area contributed by atoms with Crippen molar-refractivity contribution in [1.29, 1.82) is 0 Å². The summed E-state index contributed by atoms with van der Waals surface area (Å²) in [7, 11) is 0. The van der Waals surface area contributed by atoms with Crippen LogP contribution in [0.25, 0.3) is 0 Å². The van der Waals surface area contributed by atoms with Crippen molar-refractivity contribution in [3.63, 3.8) is 0 Å². The van der Waals surface area contributed by atoms with Gasteiger partial charge in [0.15, 0.2) is 5.96 Å².